The number of unbranched alkanes of at least 4 members (excludes halogenated alkanes) is 26. The molecule has 62 heavy (non-hydrogen) atoms. The first-order valence-electron chi connectivity index (χ1n) is 26.0. The summed E-state index contributed by atoms with van der Waals surface area (Å²) in [6.07, 6.45) is 63.2. The second kappa shape index (κ2) is 50.5. The van der Waals surface area contributed by atoms with Crippen LogP contribution in [0, 0.1) is 0 Å². The van der Waals surface area contributed by atoms with Gasteiger partial charge < -0.3 is 14.2 Å². The standard InChI is InChI=1S/C56H96O6/c1-4-7-10-13-16-19-22-25-26-27-28-29-30-32-34-37-40-43-46-49-55(58)61-52-53(51-60-54(57)48-45-42-39-36-33-24-21-18-15-12-9-6-3)62-56(59)50-47-44-41-38-35-31-23-20-17-14-11-8-5-2/h8,11,14,17-18,20-21,23,27-28,31,35,53H,4-7,9-10,12-13,15-16,19,22,24-26,29-30,32-34,36-52H2,1-3H3/b11-8-,17-14-,21-18-,23-20-,28-27-,35-31-. The smallest absolute Gasteiger partial charge is 0.306 e. The minimum Gasteiger partial charge on any atom is -0.462 e. The summed E-state index contributed by atoms with van der Waals surface area (Å²) >= 11 is 0. The molecule has 0 spiro atoms. The number of esters is 3. The molecular formula is C56H96O6. The van der Waals surface area contributed by atoms with Crippen molar-refractivity contribution in [2.24, 2.45) is 0 Å². The van der Waals surface area contributed by atoms with E-state index in [1.54, 1.807) is 0 Å². The van der Waals surface area contributed by atoms with Gasteiger partial charge in [-0.05, 0) is 89.9 Å². The normalized spacial score (nSPS) is 12.6. The maximum absolute atomic E-state index is 12.8. The quantitative estimate of drug-likeness (QED) is 0.0199. The fourth-order valence-electron chi connectivity index (χ4n) is 7.09. The highest BCUT2D eigenvalue weighted by Gasteiger charge is 2.19. The van der Waals surface area contributed by atoms with Crippen molar-refractivity contribution in [3.8, 4) is 0 Å². The summed E-state index contributed by atoms with van der Waals surface area (Å²) in [6, 6.07) is 0. The average Bonchev–Trinajstić information content (AvgIpc) is 3.27. The van der Waals surface area contributed by atoms with Crippen LogP contribution >= 0.6 is 0 Å². The van der Waals surface area contributed by atoms with Crippen LogP contribution in [0.3, 0.4) is 0 Å². The first-order chi connectivity index (χ1) is 30.5. The van der Waals surface area contributed by atoms with Crippen molar-refractivity contribution in [2.45, 2.75) is 252 Å². The number of allylic oxidation sites excluding steroid dienone is 12. The van der Waals surface area contributed by atoms with Gasteiger partial charge in [0, 0.05) is 19.3 Å². The SMILES string of the molecule is CC\C=C/C=C\C=C/C=C\CCCCCC(=O)OC(COC(=O)CCCCCCC/C=C\CCCCC)COC(=O)CCCCCCCCC/C=C\CCCCCCCCCC. The van der Waals surface area contributed by atoms with Crippen molar-refractivity contribution in [1.82, 2.24) is 0 Å². The van der Waals surface area contributed by atoms with Gasteiger partial charge in [-0.25, -0.2) is 0 Å². The van der Waals surface area contributed by atoms with E-state index in [0.29, 0.717) is 19.3 Å². The molecule has 0 bridgehead atoms. The second-order valence-corrected chi connectivity index (χ2v) is 17.1. The van der Waals surface area contributed by atoms with Crippen molar-refractivity contribution >= 4 is 17.9 Å². The van der Waals surface area contributed by atoms with Gasteiger partial charge in [0.25, 0.3) is 0 Å². The van der Waals surface area contributed by atoms with Crippen molar-refractivity contribution in [1.29, 1.82) is 0 Å². The lowest BCUT2D eigenvalue weighted by Crippen LogP contribution is -2.30. The molecule has 6 heteroatoms. The molecule has 0 aromatic heterocycles. The van der Waals surface area contributed by atoms with Crippen molar-refractivity contribution in [2.75, 3.05) is 13.2 Å². The van der Waals surface area contributed by atoms with Crippen LogP contribution < -0.4 is 0 Å². The van der Waals surface area contributed by atoms with E-state index in [2.05, 4.69) is 57.2 Å². The maximum atomic E-state index is 12.8. The van der Waals surface area contributed by atoms with Gasteiger partial charge in [0.05, 0.1) is 0 Å². The van der Waals surface area contributed by atoms with E-state index in [-0.39, 0.29) is 37.5 Å². The van der Waals surface area contributed by atoms with Gasteiger partial charge >= 0.3 is 17.9 Å². The summed E-state index contributed by atoms with van der Waals surface area (Å²) in [5.41, 5.74) is 0. The summed E-state index contributed by atoms with van der Waals surface area (Å²) in [6.45, 7) is 6.43. The fraction of sp³-hybridized carbons (Fsp3) is 0.732. The predicted octanol–water partition coefficient (Wildman–Crippen LogP) is 17.0. The molecule has 1 unspecified atom stereocenters. The van der Waals surface area contributed by atoms with E-state index in [0.717, 1.165) is 70.6 Å². The van der Waals surface area contributed by atoms with Crippen LogP contribution in [0.2, 0.25) is 0 Å². The molecule has 0 amide bonds. The summed E-state index contributed by atoms with van der Waals surface area (Å²) in [4.78, 5) is 37.9. The lowest BCUT2D eigenvalue weighted by Gasteiger charge is -2.18. The molecule has 0 aliphatic rings. The zero-order valence-electron chi connectivity index (χ0n) is 40.6. The highest BCUT2D eigenvalue weighted by molar-refractivity contribution is 5.71. The Kier molecular flexibility index (Phi) is 47.9. The molecule has 0 aliphatic carbocycles. The third-order valence-corrected chi connectivity index (χ3v) is 11.0. The topological polar surface area (TPSA) is 78.9 Å². The highest BCUT2D eigenvalue weighted by atomic mass is 16.6. The molecule has 0 aromatic carbocycles. The Morgan fingerprint density at radius 2 is 0.645 bits per heavy atom. The van der Waals surface area contributed by atoms with Gasteiger partial charge in [-0.15, -0.1) is 0 Å². The number of carbonyl (C=O) groups excluding carboxylic acids is 3. The van der Waals surface area contributed by atoms with Gasteiger partial charge in [-0.1, -0.05) is 209 Å². The Morgan fingerprint density at radius 3 is 1.08 bits per heavy atom. The lowest BCUT2D eigenvalue weighted by molar-refractivity contribution is -0.167. The second-order valence-electron chi connectivity index (χ2n) is 17.1. The highest BCUT2D eigenvalue weighted by Crippen LogP contribution is 2.14. The number of carbonyl (C=O) groups is 3. The Bertz CT molecular complexity index is 1180. The number of ether oxygens (including phenoxy) is 3. The molecule has 1 atom stereocenters. The van der Waals surface area contributed by atoms with Gasteiger partial charge in [-0.3, -0.25) is 14.4 Å². The molecule has 356 valence electrons. The van der Waals surface area contributed by atoms with E-state index in [1.807, 2.05) is 36.5 Å². The van der Waals surface area contributed by atoms with E-state index < -0.39 is 6.10 Å². The predicted molar refractivity (Wildman–Crippen MR) is 265 cm³/mol. The third-order valence-electron chi connectivity index (χ3n) is 11.0. The third kappa shape index (κ3) is 47.9. The van der Waals surface area contributed by atoms with E-state index in [1.165, 1.54) is 128 Å². The van der Waals surface area contributed by atoms with Crippen molar-refractivity contribution in [3.63, 3.8) is 0 Å². The van der Waals surface area contributed by atoms with Gasteiger partial charge in [0.15, 0.2) is 6.10 Å². The Balaban J connectivity index is 4.39. The van der Waals surface area contributed by atoms with Crippen molar-refractivity contribution < 1.29 is 28.6 Å². The molecular weight excluding hydrogens is 769 g/mol. The molecule has 0 rings (SSSR count). The zero-order valence-corrected chi connectivity index (χ0v) is 40.6. The van der Waals surface area contributed by atoms with E-state index in [4.69, 9.17) is 14.2 Å². The van der Waals surface area contributed by atoms with Gasteiger partial charge in [-0.2, -0.15) is 0 Å². The molecule has 0 saturated carbocycles. The molecule has 0 aromatic rings. The molecule has 0 saturated heterocycles. The van der Waals surface area contributed by atoms with Crippen molar-refractivity contribution in [3.05, 3.63) is 72.9 Å². The van der Waals surface area contributed by atoms with Crippen LogP contribution in [0.15, 0.2) is 72.9 Å². The average molecular weight is 865 g/mol. The first-order valence-corrected chi connectivity index (χ1v) is 26.0. The van der Waals surface area contributed by atoms with Crippen LogP contribution in [0.25, 0.3) is 0 Å². The lowest BCUT2D eigenvalue weighted by atomic mass is 10.1. The van der Waals surface area contributed by atoms with Crippen LogP contribution in [-0.4, -0.2) is 37.2 Å². The molecule has 0 N–H and O–H groups in total. The minimum absolute atomic E-state index is 0.0964. The molecule has 0 heterocycles. The van der Waals surface area contributed by atoms with Gasteiger partial charge in [0.2, 0.25) is 0 Å². The Hall–Kier alpha value is -3.15. The van der Waals surface area contributed by atoms with Crippen LogP contribution in [0.4, 0.5) is 0 Å². The van der Waals surface area contributed by atoms with E-state index >= 15 is 0 Å². The molecule has 0 fully saturated rings. The van der Waals surface area contributed by atoms with Crippen LogP contribution in [0.5, 0.6) is 0 Å². The summed E-state index contributed by atoms with van der Waals surface area (Å²) < 4.78 is 16.7. The zero-order chi connectivity index (χ0) is 45.1. The minimum atomic E-state index is -0.799. The number of hydrogen-bond acceptors (Lipinski definition) is 6. The maximum Gasteiger partial charge on any atom is 0.306 e. The Labute approximate surface area is 382 Å². The largest absolute Gasteiger partial charge is 0.462 e. The summed E-state index contributed by atoms with van der Waals surface area (Å²) in [7, 11) is 0. The molecule has 0 aliphatic heterocycles. The number of hydrogen-bond donors (Lipinski definition) is 0. The summed E-state index contributed by atoms with van der Waals surface area (Å²) in [5, 5.41) is 0. The fourth-order valence-corrected chi connectivity index (χ4v) is 7.09. The van der Waals surface area contributed by atoms with Crippen LogP contribution in [-0.2, 0) is 28.6 Å². The first kappa shape index (κ1) is 58.9. The molecule has 6 nitrogen and oxygen atoms in total. The monoisotopic (exact) mass is 865 g/mol. The van der Waals surface area contributed by atoms with E-state index in [9.17, 15) is 14.4 Å². The van der Waals surface area contributed by atoms with Gasteiger partial charge in [0.1, 0.15) is 13.2 Å². The Morgan fingerprint density at radius 1 is 0.339 bits per heavy atom. The number of rotatable bonds is 46. The molecule has 0 radical (unpaired) electrons. The van der Waals surface area contributed by atoms with Crippen LogP contribution in [0.1, 0.15) is 245 Å². The summed E-state index contributed by atoms with van der Waals surface area (Å²) in [5.74, 6) is -0.948.